The molecule has 0 amide bonds. The van der Waals surface area contributed by atoms with Gasteiger partial charge in [-0.2, -0.15) is 0 Å². The number of hydrogen-bond donors (Lipinski definition) is 2. The Morgan fingerprint density at radius 2 is 2.14 bits per heavy atom. The van der Waals surface area contributed by atoms with Gasteiger partial charge in [0.2, 0.25) is 0 Å². The first-order valence-corrected chi connectivity index (χ1v) is 7.06. The molecule has 2 N–H and O–H groups in total. The molecule has 1 fully saturated rings. The summed E-state index contributed by atoms with van der Waals surface area (Å²) in [4.78, 5) is 0. The molecule has 0 radical (unpaired) electrons. The molecule has 4 unspecified atom stereocenters. The standard InChI is InChI=1S/C10H21NO2S/c1-8(7-14(2)13)11-9-5-3-4-6-10(9)12/h8-12H,3-7H2,1-2H3. The monoisotopic (exact) mass is 219 g/mol. The topological polar surface area (TPSA) is 49.3 Å². The first-order valence-electron chi connectivity index (χ1n) is 5.33. The molecule has 4 atom stereocenters. The second kappa shape index (κ2) is 5.83. The van der Waals surface area contributed by atoms with Crippen LogP contribution < -0.4 is 5.32 Å². The minimum atomic E-state index is -0.755. The second-order valence-electron chi connectivity index (χ2n) is 4.27. The fourth-order valence-corrected chi connectivity index (χ4v) is 2.87. The van der Waals surface area contributed by atoms with E-state index < -0.39 is 10.8 Å². The highest BCUT2D eigenvalue weighted by molar-refractivity contribution is 7.84. The maximum atomic E-state index is 11.0. The molecule has 1 saturated carbocycles. The summed E-state index contributed by atoms with van der Waals surface area (Å²) < 4.78 is 11.0. The van der Waals surface area contributed by atoms with E-state index in [1.54, 1.807) is 6.26 Å². The normalized spacial score (nSPS) is 32.5. The lowest BCUT2D eigenvalue weighted by Crippen LogP contribution is -2.47. The molecule has 1 aliphatic rings. The number of aliphatic hydroxyl groups excluding tert-OH is 1. The molecule has 84 valence electrons. The molecule has 1 aliphatic carbocycles. The summed E-state index contributed by atoms with van der Waals surface area (Å²) in [5.41, 5.74) is 0. The zero-order valence-corrected chi connectivity index (χ0v) is 9.85. The quantitative estimate of drug-likeness (QED) is 0.730. The summed E-state index contributed by atoms with van der Waals surface area (Å²) >= 11 is 0. The van der Waals surface area contributed by atoms with Crippen molar-refractivity contribution in [1.82, 2.24) is 5.32 Å². The highest BCUT2D eigenvalue weighted by atomic mass is 32.2. The highest BCUT2D eigenvalue weighted by Gasteiger charge is 2.23. The van der Waals surface area contributed by atoms with Gasteiger partial charge in [-0.15, -0.1) is 0 Å². The molecule has 0 spiro atoms. The molecule has 3 nitrogen and oxygen atoms in total. The van der Waals surface area contributed by atoms with Crippen molar-refractivity contribution < 1.29 is 9.32 Å². The summed E-state index contributed by atoms with van der Waals surface area (Å²) in [5.74, 6) is 0.670. The average Bonchev–Trinajstić information content (AvgIpc) is 2.07. The molecule has 4 heteroatoms. The van der Waals surface area contributed by atoms with Crippen LogP contribution in [0.3, 0.4) is 0 Å². The summed E-state index contributed by atoms with van der Waals surface area (Å²) in [5, 5.41) is 13.1. The summed E-state index contributed by atoms with van der Waals surface area (Å²) in [6.45, 7) is 2.03. The third kappa shape index (κ3) is 4.07. The van der Waals surface area contributed by atoms with Gasteiger partial charge in [0.25, 0.3) is 0 Å². The van der Waals surface area contributed by atoms with Gasteiger partial charge >= 0.3 is 0 Å². The van der Waals surface area contributed by atoms with E-state index in [2.05, 4.69) is 5.32 Å². The summed E-state index contributed by atoms with van der Waals surface area (Å²) in [6.07, 6.45) is 5.78. The lowest BCUT2D eigenvalue weighted by atomic mass is 9.92. The van der Waals surface area contributed by atoms with Crippen LogP contribution in [0.1, 0.15) is 32.6 Å². The Balaban J connectivity index is 2.30. The van der Waals surface area contributed by atoms with Crippen LogP contribution in [0, 0.1) is 0 Å². The Bertz CT molecular complexity index is 199. The van der Waals surface area contributed by atoms with E-state index >= 15 is 0 Å². The first-order chi connectivity index (χ1) is 6.59. The zero-order valence-electron chi connectivity index (χ0n) is 9.03. The van der Waals surface area contributed by atoms with Gasteiger partial charge in [-0.3, -0.25) is 4.21 Å². The van der Waals surface area contributed by atoms with Crippen LogP contribution in [0.5, 0.6) is 0 Å². The van der Waals surface area contributed by atoms with Gasteiger partial charge in [0.15, 0.2) is 0 Å². The van der Waals surface area contributed by atoms with Crippen LogP contribution in [-0.2, 0) is 10.8 Å². The lowest BCUT2D eigenvalue weighted by molar-refractivity contribution is 0.0873. The molecular weight excluding hydrogens is 198 g/mol. The van der Waals surface area contributed by atoms with E-state index in [1.807, 2.05) is 6.92 Å². The predicted octanol–water partition coefficient (Wildman–Crippen LogP) is 0.646. The van der Waals surface area contributed by atoms with Gasteiger partial charge in [-0.25, -0.2) is 0 Å². The van der Waals surface area contributed by atoms with Crippen molar-refractivity contribution in [3.8, 4) is 0 Å². The first kappa shape index (κ1) is 12.1. The van der Waals surface area contributed by atoms with Crippen molar-refractivity contribution in [2.45, 2.75) is 50.8 Å². The maximum absolute atomic E-state index is 11.0. The third-order valence-corrected chi connectivity index (χ3v) is 3.68. The van der Waals surface area contributed by atoms with Gasteiger partial charge in [0, 0.05) is 34.9 Å². The largest absolute Gasteiger partial charge is 0.392 e. The number of nitrogens with one attached hydrogen (secondary N) is 1. The molecular formula is C10H21NO2S. The van der Waals surface area contributed by atoms with Crippen molar-refractivity contribution in [3.05, 3.63) is 0 Å². The van der Waals surface area contributed by atoms with Crippen molar-refractivity contribution in [2.24, 2.45) is 0 Å². The fraction of sp³-hybridized carbons (Fsp3) is 1.00. The molecule has 0 heterocycles. The van der Waals surface area contributed by atoms with Gasteiger partial charge in [0.1, 0.15) is 0 Å². The van der Waals surface area contributed by atoms with Crippen molar-refractivity contribution in [3.63, 3.8) is 0 Å². The molecule has 0 bridgehead atoms. The average molecular weight is 219 g/mol. The molecule has 1 rings (SSSR count). The van der Waals surface area contributed by atoms with Crippen LogP contribution in [0.15, 0.2) is 0 Å². The van der Waals surface area contributed by atoms with E-state index in [0.717, 1.165) is 19.3 Å². The molecule has 0 aromatic heterocycles. The van der Waals surface area contributed by atoms with Gasteiger partial charge in [-0.05, 0) is 19.8 Å². The molecule has 14 heavy (non-hydrogen) atoms. The Hall–Kier alpha value is 0.0700. The van der Waals surface area contributed by atoms with Gasteiger partial charge < -0.3 is 10.4 Å². The number of aliphatic hydroxyl groups is 1. The van der Waals surface area contributed by atoms with E-state index in [1.165, 1.54) is 6.42 Å². The van der Waals surface area contributed by atoms with Crippen molar-refractivity contribution in [1.29, 1.82) is 0 Å². The van der Waals surface area contributed by atoms with Crippen LogP contribution >= 0.6 is 0 Å². The number of hydrogen-bond acceptors (Lipinski definition) is 3. The molecule has 0 saturated heterocycles. The minimum Gasteiger partial charge on any atom is -0.392 e. The Labute approximate surface area is 88.7 Å². The Morgan fingerprint density at radius 1 is 1.50 bits per heavy atom. The zero-order chi connectivity index (χ0) is 10.6. The molecule has 0 aliphatic heterocycles. The van der Waals surface area contributed by atoms with Crippen molar-refractivity contribution >= 4 is 10.8 Å². The number of rotatable bonds is 4. The smallest absolute Gasteiger partial charge is 0.0693 e. The van der Waals surface area contributed by atoms with E-state index in [0.29, 0.717) is 5.75 Å². The summed E-state index contributed by atoms with van der Waals surface area (Å²) in [6, 6.07) is 0.445. The minimum absolute atomic E-state index is 0.210. The van der Waals surface area contributed by atoms with Crippen LogP contribution in [0.4, 0.5) is 0 Å². The van der Waals surface area contributed by atoms with Gasteiger partial charge in [-0.1, -0.05) is 12.8 Å². The van der Waals surface area contributed by atoms with E-state index in [-0.39, 0.29) is 18.2 Å². The third-order valence-electron chi connectivity index (χ3n) is 2.71. The summed E-state index contributed by atoms with van der Waals surface area (Å²) in [7, 11) is -0.755. The highest BCUT2D eigenvalue weighted by Crippen LogP contribution is 2.18. The molecule has 0 aromatic carbocycles. The van der Waals surface area contributed by atoms with E-state index in [9.17, 15) is 9.32 Å². The molecule has 0 aromatic rings. The SMILES string of the molecule is CC(CS(C)=O)NC1CCCCC1O. The Kier molecular flexibility index (Phi) is 5.06. The lowest BCUT2D eigenvalue weighted by Gasteiger charge is -2.30. The van der Waals surface area contributed by atoms with E-state index in [4.69, 9.17) is 0 Å². The van der Waals surface area contributed by atoms with Crippen molar-refractivity contribution in [2.75, 3.05) is 12.0 Å². The van der Waals surface area contributed by atoms with Crippen LogP contribution in [-0.4, -0.2) is 39.5 Å². The Morgan fingerprint density at radius 3 is 2.71 bits per heavy atom. The fourth-order valence-electron chi connectivity index (χ4n) is 2.07. The maximum Gasteiger partial charge on any atom is 0.0693 e. The van der Waals surface area contributed by atoms with Crippen LogP contribution in [0.25, 0.3) is 0 Å². The van der Waals surface area contributed by atoms with Crippen LogP contribution in [0.2, 0.25) is 0 Å². The predicted molar refractivity (Wildman–Crippen MR) is 59.8 cm³/mol. The van der Waals surface area contributed by atoms with Gasteiger partial charge in [0.05, 0.1) is 6.10 Å². The second-order valence-corrected chi connectivity index (χ2v) is 5.75.